The van der Waals surface area contributed by atoms with Gasteiger partial charge in [0.2, 0.25) is 0 Å². The van der Waals surface area contributed by atoms with Crippen molar-refractivity contribution in [3.63, 3.8) is 0 Å². The van der Waals surface area contributed by atoms with Gasteiger partial charge in [-0.15, -0.1) is 0 Å². The second kappa shape index (κ2) is 2.99. The molecule has 0 amide bonds. The Balaban J connectivity index is 1.60. The van der Waals surface area contributed by atoms with Crippen molar-refractivity contribution in [2.75, 3.05) is 0 Å². The van der Waals surface area contributed by atoms with Gasteiger partial charge in [0.1, 0.15) is 0 Å². The van der Waals surface area contributed by atoms with Crippen molar-refractivity contribution in [2.24, 2.45) is 73.4 Å². The molecule has 6 aliphatic rings. The summed E-state index contributed by atoms with van der Waals surface area (Å²) >= 11 is 0. The first-order valence-electron chi connectivity index (χ1n) is 10.8. The SMILES string of the molecule is CC1C(C)C2(C)C1C1C34CC(C)(C12C)C3(C)C1(C)C4C(C)C1(C)C. The lowest BCUT2D eigenvalue weighted by atomic mass is 9.09. The standard InChI is InChI=1S/C24H38/c1-12-13(2)20(7)15(12)17-22(20,9)19(6)11-24(17)16-14(3)18(4,5)21(16,8)23(19,24)10/h12-17H,11H2,1-10H3. The maximum atomic E-state index is 2.77. The summed E-state index contributed by atoms with van der Waals surface area (Å²) in [6.45, 7) is 26.6. The molecule has 6 rings (SSSR count). The summed E-state index contributed by atoms with van der Waals surface area (Å²) in [5, 5.41) is 0. The quantitative estimate of drug-likeness (QED) is 0.493. The second-order valence-corrected chi connectivity index (χ2v) is 13.0. The fourth-order valence-corrected chi connectivity index (χ4v) is 13.1. The average molecular weight is 327 g/mol. The number of fused-ring (bicyclic) bond motifs is 6. The van der Waals surface area contributed by atoms with Crippen LogP contribution in [0.1, 0.15) is 75.7 Å². The van der Waals surface area contributed by atoms with E-state index >= 15 is 0 Å². The molecule has 0 spiro atoms. The molecule has 0 N–H and O–H groups in total. The molecule has 0 heteroatoms. The Morgan fingerprint density at radius 2 is 1.29 bits per heavy atom. The lowest BCUT2D eigenvalue weighted by molar-refractivity contribution is -0.483. The molecule has 0 aromatic heterocycles. The molecule has 6 aliphatic carbocycles. The Labute approximate surface area is 149 Å². The van der Waals surface area contributed by atoms with Crippen LogP contribution in [0, 0.1) is 73.4 Å². The first kappa shape index (κ1) is 15.1. The van der Waals surface area contributed by atoms with Gasteiger partial charge in [-0.3, -0.25) is 0 Å². The van der Waals surface area contributed by atoms with Gasteiger partial charge in [-0.25, -0.2) is 0 Å². The smallest absolute Gasteiger partial charge is 0.0142 e. The molecule has 134 valence electrons. The first-order chi connectivity index (χ1) is 10.8. The summed E-state index contributed by atoms with van der Waals surface area (Å²) in [5.74, 6) is 5.88. The molecule has 0 aromatic rings. The highest BCUT2D eigenvalue weighted by Gasteiger charge is 3.07. The largest absolute Gasteiger partial charge is 0.0619 e. The van der Waals surface area contributed by atoms with Gasteiger partial charge in [-0.05, 0) is 79.8 Å². The van der Waals surface area contributed by atoms with Crippen molar-refractivity contribution in [1.29, 1.82) is 0 Å². The third-order valence-corrected chi connectivity index (χ3v) is 14.7. The molecular weight excluding hydrogens is 288 g/mol. The van der Waals surface area contributed by atoms with E-state index in [0.29, 0.717) is 37.9 Å². The molecular formula is C24H38. The van der Waals surface area contributed by atoms with Crippen LogP contribution in [0.5, 0.6) is 0 Å². The fourth-order valence-electron chi connectivity index (χ4n) is 13.1. The molecule has 0 saturated heterocycles. The van der Waals surface area contributed by atoms with Gasteiger partial charge >= 0.3 is 0 Å². The normalized spacial score (nSPS) is 81.2. The van der Waals surface area contributed by atoms with E-state index in [-0.39, 0.29) is 0 Å². The van der Waals surface area contributed by atoms with Crippen LogP contribution in [0.25, 0.3) is 0 Å². The third-order valence-electron chi connectivity index (χ3n) is 14.7. The van der Waals surface area contributed by atoms with Crippen molar-refractivity contribution in [3.8, 4) is 0 Å². The van der Waals surface area contributed by atoms with Crippen LogP contribution in [-0.2, 0) is 0 Å². The van der Waals surface area contributed by atoms with E-state index in [0.717, 1.165) is 35.5 Å². The highest BCUT2D eigenvalue weighted by molar-refractivity contribution is 5.54. The van der Waals surface area contributed by atoms with Crippen molar-refractivity contribution in [2.45, 2.75) is 75.7 Å². The molecule has 12 atom stereocenters. The summed E-state index contributed by atoms with van der Waals surface area (Å²) in [7, 11) is 0. The first-order valence-corrected chi connectivity index (χ1v) is 10.8. The van der Waals surface area contributed by atoms with Gasteiger partial charge in [0.25, 0.3) is 0 Å². The predicted molar refractivity (Wildman–Crippen MR) is 99.3 cm³/mol. The number of hydrogen-bond donors (Lipinski definition) is 0. The van der Waals surface area contributed by atoms with E-state index in [1.165, 1.54) is 0 Å². The molecule has 0 aromatic carbocycles. The summed E-state index contributed by atoms with van der Waals surface area (Å²) in [6.07, 6.45) is 1.56. The molecule has 0 heterocycles. The minimum Gasteiger partial charge on any atom is -0.0619 e. The summed E-state index contributed by atoms with van der Waals surface area (Å²) in [5.41, 5.74) is 4.20. The predicted octanol–water partition coefficient (Wildman–Crippen LogP) is 6.26. The van der Waals surface area contributed by atoms with E-state index in [1.54, 1.807) is 6.42 Å². The Hall–Kier alpha value is 0. The summed E-state index contributed by atoms with van der Waals surface area (Å²) < 4.78 is 0. The zero-order valence-electron chi connectivity index (χ0n) is 17.7. The van der Waals surface area contributed by atoms with Crippen LogP contribution >= 0.6 is 0 Å². The van der Waals surface area contributed by atoms with Crippen LogP contribution < -0.4 is 0 Å². The molecule has 0 nitrogen and oxygen atoms in total. The Bertz CT molecular complexity index is 720. The molecule has 6 fully saturated rings. The Morgan fingerprint density at radius 3 is 1.88 bits per heavy atom. The van der Waals surface area contributed by atoms with E-state index in [9.17, 15) is 0 Å². The van der Waals surface area contributed by atoms with E-state index in [2.05, 4.69) is 69.2 Å². The van der Waals surface area contributed by atoms with Gasteiger partial charge in [0.15, 0.2) is 0 Å². The van der Waals surface area contributed by atoms with Gasteiger partial charge in [0.05, 0.1) is 0 Å². The Morgan fingerprint density at radius 1 is 0.708 bits per heavy atom. The molecule has 2 bridgehead atoms. The van der Waals surface area contributed by atoms with Crippen molar-refractivity contribution in [3.05, 3.63) is 0 Å². The highest BCUT2D eigenvalue weighted by Crippen LogP contribution is 3.11. The van der Waals surface area contributed by atoms with E-state index in [1.807, 2.05) is 0 Å². The van der Waals surface area contributed by atoms with Gasteiger partial charge in [-0.1, -0.05) is 69.2 Å². The zero-order valence-corrected chi connectivity index (χ0v) is 17.7. The van der Waals surface area contributed by atoms with Crippen LogP contribution in [0.4, 0.5) is 0 Å². The van der Waals surface area contributed by atoms with Crippen molar-refractivity contribution in [1.82, 2.24) is 0 Å². The summed E-state index contributed by atoms with van der Waals surface area (Å²) in [6, 6.07) is 0. The monoisotopic (exact) mass is 326 g/mol. The highest BCUT2D eigenvalue weighted by atomic mass is 15.1. The minimum absolute atomic E-state index is 0.523. The van der Waals surface area contributed by atoms with Crippen molar-refractivity contribution >= 4 is 0 Å². The van der Waals surface area contributed by atoms with Gasteiger partial charge in [-0.2, -0.15) is 0 Å². The molecule has 0 aliphatic heterocycles. The third kappa shape index (κ3) is 0.697. The summed E-state index contributed by atoms with van der Waals surface area (Å²) in [4.78, 5) is 0. The lowest BCUT2D eigenvalue weighted by Crippen LogP contribution is -2.91. The minimum atomic E-state index is 0.523. The fraction of sp³-hybridized carbons (Fsp3) is 1.00. The molecule has 0 radical (unpaired) electrons. The topological polar surface area (TPSA) is 0 Å². The van der Waals surface area contributed by atoms with Gasteiger partial charge < -0.3 is 0 Å². The van der Waals surface area contributed by atoms with Crippen LogP contribution in [0.2, 0.25) is 0 Å². The number of rotatable bonds is 0. The van der Waals surface area contributed by atoms with E-state index < -0.39 is 0 Å². The zero-order chi connectivity index (χ0) is 17.7. The lowest BCUT2D eigenvalue weighted by Gasteiger charge is -2.95. The molecule has 6 saturated carbocycles. The van der Waals surface area contributed by atoms with Gasteiger partial charge in [0, 0.05) is 0 Å². The molecule has 24 heavy (non-hydrogen) atoms. The molecule has 12 unspecified atom stereocenters. The number of hydrogen-bond acceptors (Lipinski definition) is 0. The second-order valence-electron chi connectivity index (χ2n) is 13.0. The van der Waals surface area contributed by atoms with Crippen LogP contribution in [0.15, 0.2) is 0 Å². The van der Waals surface area contributed by atoms with Crippen LogP contribution in [0.3, 0.4) is 0 Å². The van der Waals surface area contributed by atoms with E-state index in [4.69, 9.17) is 0 Å². The maximum Gasteiger partial charge on any atom is -0.0142 e. The maximum absolute atomic E-state index is 2.77. The van der Waals surface area contributed by atoms with Crippen LogP contribution in [-0.4, -0.2) is 0 Å². The Kier molecular flexibility index (Phi) is 1.88. The average Bonchev–Trinajstić information content (AvgIpc) is 2.77. The van der Waals surface area contributed by atoms with Crippen molar-refractivity contribution < 1.29 is 0 Å².